The first kappa shape index (κ1) is 11.4. The number of aromatic nitrogens is 1. The number of hydrogen-bond donors (Lipinski definition) is 0. The van der Waals surface area contributed by atoms with Gasteiger partial charge in [-0.3, -0.25) is 9.88 Å². The molecule has 0 spiro atoms. The first-order valence-corrected chi connectivity index (χ1v) is 7.44. The Morgan fingerprint density at radius 1 is 1.47 bits per heavy atom. The maximum Gasteiger partial charge on any atom is 0.0287 e. The predicted molar refractivity (Wildman–Crippen MR) is 69.6 cm³/mol. The van der Waals surface area contributed by atoms with Gasteiger partial charge in [0.05, 0.1) is 0 Å². The van der Waals surface area contributed by atoms with Gasteiger partial charge in [-0.2, -0.15) is 11.8 Å². The van der Waals surface area contributed by atoms with E-state index in [2.05, 4.69) is 49.7 Å². The molecule has 0 amide bonds. The smallest absolute Gasteiger partial charge is 0.0287 e. The fourth-order valence-corrected chi connectivity index (χ4v) is 3.83. The number of hydrogen-bond acceptors (Lipinski definition) is 3. The van der Waals surface area contributed by atoms with Crippen molar-refractivity contribution in [3.63, 3.8) is 0 Å². The molecule has 1 aromatic heterocycles. The number of nitrogens with zero attached hydrogens (tertiary/aromatic N) is 2. The molecule has 2 heterocycles. The Hall–Kier alpha value is -0.0600. The Morgan fingerprint density at radius 2 is 2.27 bits per heavy atom. The summed E-state index contributed by atoms with van der Waals surface area (Å²) in [7, 11) is 0. The summed E-state index contributed by atoms with van der Waals surface area (Å²) in [5.74, 6) is 2.50. The predicted octanol–water partition coefficient (Wildman–Crippen LogP) is 2.39. The van der Waals surface area contributed by atoms with E-state index in [1.807, 2.05) is 12.4 Å². The second-order valence-corrected chi connectivity index (χ2v) is 5.51. The lowest BCUT2D eigenvalue weighted by molar-refractivity contribution is 0.228. The number of pyridine rings is 1. The Labute approximate surface area is 104 Å². The summed E-state index contributed by atoms with van der Waals surface area (Å²) in [6.45, 7) is 2.25. The van der Waals surface area contributed by atoms with Crippen LogP contribution in [0.15, 0.2) is 24.5 Å². The Kier molecular flexibility index (Phi) is 4.47. The normalized spacial score (nSPS) is 22.9. The van der Waals surface area contributed by atoms with E-state index >= 15 is 0 Å². The van der Waals surface area contributed by atoms with Crippen LogP contribution in [0.25, 0.3) is 0 Å². The quantitative estimate of drug-likeness (QED) is 0.794. The Bertz CT molecular complexity index is 294. The first-order valence-electron chi connectivity index (χ1n) is 5.17. The van der Waals surface area contributed by atoms with Crippen molar-refractivity contribution in [2.45, 2.75) is 12.6 Å². The highest BCUT2D eigenvalue weighted by Gasteiger charge is 2.21. The van der Waals surface area contributed by atoms with Gasteiger partial charge in [0.1, 0.15) is 0 Å². The van der Waals surface area contributed by atoms with Gasteiger partial charge < -0.3 is 0 Å². The van der Waals surface area contributed by atoms with Crippen LogP contribution in [0.5, 0.6) is 0 Å². The minimum Gasteiger partial charge on any atom is -0.294 e. The van der Waals surface area contributed by atoms with E-state index in [4.69, 9.17) is 0 Å². The molecule has 1 aromatic rings. The molecular formula is C11H15BrN2S. The van der Waals surface area contributed by atoms with Crippen molar-refractivity contribution in [3.8, 4) is 0 Å². The molecule has 4 heteroatoms. The summed E-state index contributed by atoms with van der Waals surface area (Å²) in [6, 6.07) is 4.89. The van der Waals surface area contributed by atoms with E-state index in [0.717, 1.165) is 11.9 Å². The Morgan fingerprint density at radius 3 is 3.00 bits per heavy atom. The fraction of sp³-hybridized carbons (Fsp3) is 0.545. The van der Waals surface area contributed by atoms with Crippen molar-refractivity contribution >= 4 is 27.7 Å². The van der Waals surface area contributed by atoms with Crippen LogP contribution in [0.1, 0.15) is 5.56 Å². The van der Waals surface area contributed by atoms with Crippen molar-refractivity contribution in [2.75, 3.05) is 23.4 Å². The molecule has 1 saturated heterocycles. The van der Waals surface area contributed by atoms with Crippen LogP contribution in [0.2, 0.25) is 0 Å². The monoisotopic (exact) mass is 286 g/mol. The fourth-order valence-electron chi connectivity index (χ4n) is 1.76. The van der Waals surface area contributed by atoms with Gasteiger partial charge in [-0.1, -0.05) is 15.9 Å². The van der Waals surface area contributed by atoms with Gasteiger partial charge in [0.15, 0.2) is 0 Å². The molecule has 0 aromatic carbocycles. The van der Waals surface area contributed by atoms with Gasteiger partial charge in [0.2, 0.25) is 0 Å². The molecule has 15 heavy (non-hydrogen) atoms. The van der Waals surface area contributed by atoms with Gasteiger partial charge >= 0.3 is 0 Å². The largest absolute Gasteiger partial charge is 0.294 e. The summed E-state index contributed by atoms with van der Waals surface area (Å²) >= 11 is 5.66. The summed E-state index contributed by atoms with van der Waals surface area (Å²) in [6.07, 6.45) is 3.74. The highest BCUT2D eigenvalue weighted by molar-refractivity contribution is 9.09. The molecule has 1 atom stereocenters. The summed E-state index contributed by atoms with van der Waals surface area (Å²) < 4.78 is 0. The van der Waals surface area contributed by atoms with Crippen LogP contribution in [0.4, 0.5) is 0 Å². The second-order valence-electron chi connectivity index (χ2n) is 3.71. The van der Waals surface area contributed by atoms with Crippen LogP contribution >= 0.6 is 27.7 Å². The van der Waals surface area contributed by atoms with Crippen molar-refractivity contribution < 1.29 is 0 Å². The van der Waals surface area contributed by atoms with Crippen molar-refractivity contribution in [2.24, 2.45) is 0 Å². The molecule has 82 valence electrons. The van der Waals surface area contributed by atoms with E-state index in [1.54, 1.807) is 0 Å². The Balaban J connectivity index is 1.97. The van der Waals surface area contributed by atoms with Crippen LogP contribution < -0.4 is 0 Å². The van der Waals surface area contributed by atoms with Crippen LogP contribution in [-0.2, 0) is 6.54 Å². The van der Waals surface area contributed by atoms with E-state index in [9.17, 15) is 0 Å². The molecular weight excluding hydrogens is 272 g/mol. The number of thioether (sulfide) groups is 1. The van der Waals surface area contributed by atoms with Crippen molar-refractivity contribution in [1.29, 1.82) is 0 Å². The lowest BCUT2D eigenvalue weighted by Gasteiger charge is -2.34. The zero-order valence-electron chi connectivity index (χ0n) is 8.60. The third kappa shape index (κ3) is 3.20. The molecule has 1 unspecified atom stereocenters. The summed E-state index contributed by atoms with van der Waals surface area (Å²) in [5.41, 5.74) is 1.36. The topological polar surface area (TPSA) is 16.1 Å². The zero-order valence-corrected chi connectivity index (χ0v) is 11.0. The molecule has 0 bridgehead atoms. The van der Waals surface area contributed by atoms with Gasteiger partial charge in [0.25, 0.3) is 0 Å². The third-order valence-corrected chi connectivity index (χ3v) is 4.50. The van der Waals surface area contributed by atoms with Gasteiger partial charge in [-0.05, 0) is 17.7 Å². The van der Waals surface area contributed by atoms with Gasteiger partial charge in [0, 0.05) is 48.4 Å². The lowest BCUT2D eigenvalue weighted by Crippen LogP contribution is -2.42. The van der Waals surface area contributed by atoms with E-state index in [-0.39, 0.29) is 0 Å². The maximum absolute atomic E-state index is 4.05. The second kappa shape index (κ2) is 5.87. The highest BCUT2D eigenvalue weighted by atomic mass is 79.9. The number of rotatable bonds is 3. The van der Waals surface area contributed by atoms with Crippen LogP contribution in [0.3, 0.4) is 0 Å². The number of halogens is 1. The molecule has 0 N–H and O–H groups in total. The lowest BCUT2D eigenvalue weighted by atomic mass is 10.2. The first-order chi connectivity index (χ1) is 7.40. The minimum atomic E-state index is 0.678. The zero-order chi connectivity index (χ0) is 10.5. The van der Waals surface area contributed by atoms with Crippen molar-refractivity contribution in [1.82, 2.24) is 9.88 Å². The average Bonchev–Trinajstić information content (AvgIpc) is 2.31. The standard InChI is InChI=1S/C11H15BrN2S/c12-7-11-9-15-6-5-14(11)8-10-1-3-13-4-2-10/h1-4,11H,5-9H2. The molecule has 2 rings (SSSR count). The maximum atomic E-state index is 4.05. The molecule has 0 aliphatic carbocycles. The number of alkyl halides is 1. The molecule has 2 nitrogen and oxygen atoms in total. The van der Waals surface area contributed by atoms with E-state index in [0.29, 0.717) is 6.04 Å². The van der Waals surface area contributed by atoms with Gasteiger partial charge in [-0.25, -0.2) is 0 Å². The highest BCUT2D eigenvalue weighted by Crippen LogP contribution is 2.19. The van der Waals surface area contributed by atoms with E-state index < -0.39 is 0 Å². The summed E-state index contributed by atoms with van der Waals surface area (Å²) in [4.78, 5) is 6.60. The molecule has 1 fully saturated rings. The SMILES string of the molecule is BrCC1CSCCN1Cc1ccncc1. The van der Waals surface area contributed by atoms with Crippen LogP contribution in [0, 0.1) is 0 Å². The van der Waals surface area contributed by atoms with Gasteiger partial charge in [-0.15, -0.1) is 0 Å². The molecule has 1 aliphatic rings. The summed E-state index contributed by atoms with van der Waals surface area (Å²) in [5, 5.41) is 1.07. The van der Waals surface area contributed by atoms with Crippen LogP contribution in [-0.4, -0.2) is 39.3 Å². The third-order valence-electron chi connectivity index (χ3n) is 2.66. The molecule has 0 radical (unpaired) electrons. The van der Waals surface area contributed by atoms with Crippen molar-refractivity contribution in [3.05, 3.63) is 30.1 Å². The average molecular weight is 287 g/mol. The minimum absolute atomic E-state index is 0.678. The van der Waals surface area contributed by atoms with E-state index in [1.165, 1.54) is 23.6 Å². The molecule has 1 aliphatic heterocycles. The molecule has 0 saturated carbocycles.